The van der Waals surface area contributed by atoms with Crippen molar-refractivity contribution in [1.29, 1.82) is 0 Å². The topological polar surface area (TPSA) is 27.1 Å². The number of alkyl halides is 1. The maximum absolute atomic E-state index is 5.20. The van der Waals surface area contributed by atoms with Crippen LogP contribution < -0.4 is 0 Å². The van der Waals surface area contributed by atoms with Gasteiger partial charge in [0.15, 0.2) is 0 Å². The summed E-state index contributed by atoms with van der Waals surface area (Å²) in [5.41, 5.74) is 0. The summed E-state index contributed by atoms with van der Waals surface area (Å²) >= 11 is 3.26. The third-order valence-corrected chi connectivity index (χ3v) is 1.34. The number of imidazole rings is 1. The second-order valence-electron chi connectivity index (χ2n) is 1.80. The largest absolute Gasteiger partial charge is 0.360 e. The third kappa shape index (κ3) is 2.49. The minimum absolute atomic E-state index is 0.589. The highest BCUT2D eigenvalue weighted by Crippen LogP contribution is 1.88. The lowest BCUT2D eigenvalue weighted by Gasteiger charge is -2.00. The molecule has 4 heteroatoms. The molecule has 0 amide bonds. The summed E-state index contributed by atoms with van der Waals surface area (Å²) in [6.07, 6.45) is 5.33. The van der Waals surface area contributed by atoms with Gasteiger partial charge in [0.1, 0.15) is 6.73 Å². The molecular weight excluding hydrogens is 196 g/mol. The average Bonchev–Trinajstić information content (AvgIpc) is 2.41. The molecular formula is C6H9BrN2O. The first kappa shape index (κ1) is 7.75. The van der Waals surface area contributed by atoms with Gasteiger partial charge in [-0.15, -0.1) is 0 Å². The Morgan fingerprint density at radius 3 is 3.10 bits per heavy atom. The highest BCUT2D eigenvalue weighted by molar-refractivity contribution is 9.09. The molecule has 1 aromatic rings. The van der Waals surface area contributed by atoms with E-state index in [0.29, 0.717) is 6.73 Å². The Morgan fingerprint density at radius 1 is 1.60 bits per heavy atom. The summed E-state index contributed by atoms with van der Waals surface area (Å²) in [5.74, 6) is 0. The average molecular weight is 205 g/mol. The molecule has 1 rings (SSSR count). The molecule has 0 aliphatic rings. The molecule has 3 nitrogen and oxygen atoms in total. The molecule has 10 heavy (non-hydrogen) atoms. The maximum Gasteiger partial charge on any atom is 0.123 e. The van der Waals surface area contributed by atoms with Crippen molar-refractivity contribution < 1.29 is 4.74 Å². The fourth-order valence-corrected chi connectivity index (χ4v) is 0.817. The molecule has 1 heterocycles. The minimum Gasteiger partial charge on any atom is -0.360 e. The molecule has 0 unspecified atom stereocenters. The van der Waals surface area contributed by atoms with E-state index in [1.807, 2.05) is 10.8 Å². The molecule has 0 fully saturated rings. The number of aromatic nitrogens is 2. The van der Waals surface area contributed by atoms with E-state index in [0.717, 1.165) is 11.9 Å². The van der Waals surface area contributed by atoms with Crippen molar-refractivity contribution in [2.75, 3.05) is 11.9 Å². The van der Waals surface area contributed by atoms with Crippen molar-refractivity contribution in [1.82, 2.24) is 9.55 Å². The molecule has 56 valence electrons. The van der Waals surface area contributed by atoms with Crippen molar-refractivity contribution in [2.45, 2.75) is 6.73 Å². The smallest absolute Gasteiger partial charge is 0.123 e. The first-order valence-electron chi connectivity index (χ1n) is 3.03. The second kappa shape index (κ2) is 4.46. The van der Waals surface area contributed by atoms with Gasteiger partial charge in [0, 0.05) is 17.7 Å². The van der Waals surface area contributed by atoms with E-state index >= 15 is 0 Å². The SMILES string of the molecule is BrCCOCn1ccnc1. The molecule has 0 bridgehead atoms. The normalized spacial score (nSPS) is 10.1. The molecule has 0 N–H and O–H groups in total. The second-order valence-corrected chi connectivity index (χ2v) is 2.60. The van der Waals surface area contributed by atoms with E-state index < -0.39 is 0 Å². The maximum atomic E-state index is 5.20. The Morgan fingerprint density at radius 2 is 2.50 bits per heavy atom. The van der Waals surface area contributed by atoms with Crippen LogP contribution in [0.5, 0.6) is 0 Å². The Hall–Kier alpha value is -0.350. The fraction of sp³-hybridized carbons (Fsp3) is 0.500. The van der Waals surface area contributed by atoms with Gasteiger partial charge in [0.2, 0.25) is 0 Å². The molecule has 0 spiro atoms. The van der Waals surface area contributed by atoms with Crippen LogP contribution in [-0.2, 0) is 11.5 Å². The quantitative estimate of drug-likeness (QED) is 0.546. The van der Waals surface area contributed by atoms with Gasteiger partial charge in [-0.3, -0.25) is 0 Å². The van der Waals surface area contributed by atoms with E-state index in [9.17, 15) is 0 Å². The zero-order chi connectivity index (χ0) is 7.23. The summed E-state index contributed by atoms with van der Waals surface area (Å²) in [4.78, 5) is 3.87. The number of ether oxygens (including phenoxy) is 1. The zero-order valence-electron chi connectivity index (χ0n) is 5.53. The molecule has 0 saturated carbocycles. The van der Waals surface area contributed by atoms with E-state index in [2.05, 4.69) is 20.9 Å². The number of hydrogen-bond donors (Lipinski definition) is 0. The Kier molecular flexibility index (Phi) is 3.46. The lowest BCUT2D eigenvalue weighted by atomic mass is 10.8. The molecule has 0 aliphatic heterocycles. The van der Waals surface area contributed by atoms with Gasteiger partial charge < -0.3 is 9.30 Å². The first-order chi connectivity index (χ1) is 4.93. The van der Waals surface area contributed by atoms with Crippen molar-refractivity contribution in [3.05, 3.63) is 18.7 Å². The Labute approximate surface area is 68.1 Å². The lowest BCUT2D eigenvalue weighted by Crippen LogP contribution is -2.01. The van der Waals surface area contributed by atoms with Crippen LogP contribution in [0.1, 0.15) is 0 Å². The zero-order valence-corrected chi connectivity index (χ0v) is 7.12. The summed E-state index contributed by atoms with van der Waals surface area (Å²) in [6, 6.07) is 0. The van der Waals surface area contributed by atoms with Gasteiger partial charge in [0.05, 0.1) is 12.9 Å². The van der Waals surface area contributed by atoms with Crippen LogP contribution in [-0.4, -0.2) is 21.5 Å². The van der Waals surface area contributed by atoms with Crippen LogP contribution in [0.15, 0.2) is 18.7 Å². The molecule has 0 aromatic carbocycles. The van der Waals surface area contributed by atoms with Crippen LogP contribution in [0, 0.1) is 0 Å². The van der Waals surface area contributed by atoms with Gasteiger partial charge in [-0.1, -0.05) is 15.9 Å². The number of nitrogens with zero attached hydrogens (tertiary/aromatic N) is 2. The predicted octanol–water partition coefficient (Wildman–Crippen LogP) is 1.25. The van der Waals surface area contributed by atoms with Gasteiger partial charge in [0.25, 0.3) is 0 Å². The van der Waals surface area contributed by atoms with Gasteiger partial charge in [-0.05, 0) is 0 Å². The van der Waals surface area contributed by atoms with Crippen molar-refractivity contribution >= 4 is 15.9 Å². The van der Waals surface area contributed by atoms with Crippen molar-refractivity contribution in [3.63, 3.8) is 0 Å². The van der Waals surface area contributed by atoms with E-state index in [1.54, 1.807) is 12.5 Å². The number of rotatable bonds is 4. The van der Waals surface area contributed by atoms with Gasteiger partial charge >= 0.3 is 0 Å². The summed E-state index contributed by atoms with van der Waals surface area (Å²) in [6.45, 7) is 1.32. The first-order valence-corrected chi connectivity index (χ1v) is 4.15. The molecule has 0 radical (unpaired) electrons. The van der Waals surface area contributed by atoms with Crippen LogP contribution in [0.25, 0.3) is 0 Å². The minimum atomic E-state index is 0.589. The monoisotopic (exact) mass is 204 g/mol. The highest BCUT2D eigenvalue weighted by Gasteiger charge is 1.86. The van der Waals surface area contributed by atoms with Crippen LogP contribution in [0.3, 0.4) is 0 Å². The summed E-state index contributed by atoms with van der Waals surface area (Å²) < 4.78 is 7.08. The molecule has 0 aliphatic carbocycles. The highest BCUT2D eigenvalue weighted by atomic mass is 79.9. The molecule has 0 atom stereocenters. The third-order valence-electron chi connectivity index (χ3n) is 1.02. The predicted molar refractivity (Wildman–Crippen MR) is 42.0 cm³/mol. The van der Waals surface area contributed by atoms with Crippen molar-refractivity contribution in [3.8, 4) is 0 Å². The van der Waals surface area contributed by atoms with E-state index in [-0.39, 0.29) is 0 Å². The van der Waals surface area contributed by atoms with Gasteiger partial charge in [-0.2, -0.15) is 0 Å². The Balaban J connectivity index is 2.15. The van der Waals surface area contributed by atoms with E-state index in [1.165, 1.54) is 0 Å². The van der Waals surface area contributed by atoms with E-state index in [4.69, 9.17) is 4.74 Å². The number of halogens is 1. The Bertz CT molecular complexity index is 164. The lowest BCUT2D eigenvalue weighted by molar-refractivity contribution is 0.0904. The van der Waals surface area contributed by atoms with Crippen LogP contribution >= 0.6 is 15.9 Å². The summed E-state index contributed by atoms with van der Waals surface area (Å²) in [7, 11) is 0. The molecule has 0 saturated heterocycles. The standard InChI is InChI=1S/C6H9BrN2O/c7-1-4-10-6-9-3-2-8-5-9/h2-3,5H,1,4,6H2. The van der Waals surface area contributed by atoms with Crippen molar-refractivity contribution in [2.24, 2.45) is 0 Å². The number of hydrogen-bond acceptors (Lipinski definition) is 2. The van der Waals surface area contributed by atoms with Gasteiger partial charge in [-0.25, -0.2) is 4.98 Å². The van der Waals surface area contributed by atoms with Crippen LogP contribution in [0.2, 0.25) is 0 Å². The van der Waals surface area contributed by atoms with Crippen LogP contribution in [0.4, 0.5) is 0 Å². The summed E-state index contributed by atoms with van der Waals surface area (Å²) in [5, 5.41) is 0.877. The fourth-order valence-electron chi connectivity index (χ4n) is 0.588. The molecule has 1 aromatic heterocycles.